The molecule has 1 fully saturated rings. The highest BCUT2D eigenvalue weighted by Gasteiger charge is 2.29. The Labute approximate surface area is 199 Å². The van der Waals surface area contributed by atoms with Crippen LogP contribution in [-0.4, -0.2) is 60.1 Å². The first-order chi connectivity index (χ1) is 16.4. The summed E-state index contributed by atoms with van der Waals surface area (Å²) in [5.74, 6) is -0.153. The van der Waals surface area contributed by atoms with Crippen LogP contribution >= 0.6 is 0 Å². The van der Waals surface area contributed by atoms with Gasteiger partial charge in [0.05, 0.1) is 6.54 Å². The van der Waals surface area contributed by atoms with Gasteiger partial charge in [-0.1, -0.05) is 48.5 Å². The van der Waals surface area contributed by atoms with Gasteiger partial charge < -0.3 is 10.2 Å². The lowest BCUT2D eigenvalue weighted by Crippen LogP contribution is -2.50. The number of hydrogen-bond acceptors (Lipinski definition) is 4. The van der Waals surface area contributed by atoms with Crippen molar-refractivity contribution in [2.75, 3.05) is 38.0 Å². The molecule has 1 N–H and O–H groups in total. The number of fused-ring (bicyclic) bond motifs is 3. The summed E-state index contributed by atoms with van der Waals surface area (Å²) in [6, 6.07) is 18.9. The maximum atomic E-state index is 13.1. The van der Waals surface area contributed by atoms with Crippen molar-refractivity contribution in [3.05, 3.63) is 88.5 Å². The highest BCUT2D eigenvalue weighted by Crippen LogP contribution is 2.36. The number of amides is 2. The quantitative estimate of drug-likeness (QED) is 0.509. The minimum absolute atomic E-state index is 0.0278. The number of anilines is 1. The second kappa shape index (κ2) is 8.88. The number of nitrogens with zero attached hydrogens (tertiary/aromatic N) is 2. The summed E-state index contributed by atoms with van der Waals surface area (Å²) in [7, 11) is 0. The van der Waals surface area contributed by atoms with Gasteiger partial charge in [0.1, 0.15) is 0 Å². The van der Waals surface area contributed by atoms with Crippen LogP contribution in [0.1, 0.15) is 37.4 Å². The average Bonchev–Trinajstić information content (AvgIpc) is 3.13. The second-order valence-electron chi connectivity index (χ2n) is 9.02. The predicted octanol–water partition coefficient (Wildman–Crippen LogP) is 3.91. The van der Waals surface area contributed by atoms with Crippen LogP contribution in [0.15, 0.2) is 60.7 Å². The van der Waals surface area contributed by atoms with Gasteiger partial charge in [-0.2, -0.15) is 0 Å². The molecule has 1 saturated heterocycles. The molecule has 2 aliphatic rings. The standard InChI is InChI=1S/C28H27N3O3/c1-18-6-5-7-19(2)26(18)29-25(32)17-30-12-14-31(15-13-30)28(34)20-10-11-22-21-8-3-4-9-23(21)27(33)24(22)16-20/h3-11,16H,12-15,17H2,1-2H3,(H,29,32). The van der Waals surface area contributed by atoms with E-state index in [0.29, 0.717) is 49.4 Å². The molecule has 172 valence electrons. The van der Waals surface area contributed by atoms with Crippen molar-refractivity contribution in [3.63, 3.8) is 0 Å². The van der Waals surface area contributed by atoms with E-state index in [0.717, 1.165) is 27.9 Å². The SMILES string of the molecule is Cc1cccc(C)c1NC(=O)CN1CCN(C(=O)c2ccc3c(c2)C(=O)c2ccccc2-3)CC1. The number of aryl methyl sites for hydroxylation is 2. The van der Waals surface area contributed by atoms with Crippen LogP contribution in [0.25, 0.3) is 11.1 Å². The van der Waals surface area contributed by atoms with Crippen molar-refractivity contribution in [1.29, 1.82) is 0 Å². The fraction of sp³-hybridized carbons (Fsp3) is 0.250. The van der Waals surface area contributed by atoms with Crippen LogP contribution in [0.3, 0.4) is 0 Å². The summed E-state index contributed by atoms with van der Waals surface area (Å²) in [6.07, 6.45) is 0. The summed E-state index contributed by atoms with van der Waals surface area (Å²) in [6.45, 7) is 6.60. The van der Waals surface area contributed by atoms with E-state index in [2.05, 4.69) is 10.2 Å². The highest BCUT2D eigenvalue weighted by molar-refractivity contribution is 6.22. The molecule has 1 aliphatic heterocycles. The van der Waals surface area contributed by atoms with Gasteiger partial charge in [0.25, 0.3) is 5.91 Å². The van der Waals surface area contributed by atoms with Crippen LogP contribution in [-0.2, 0) is 4.79 Å². The topological polar surface area (TPSA) is 69.7 Å². The Balaban J connectivity index is 1.20. The van der Waals surface area contributed by atoms with E-state index < -0.39 is 0 Å². The lowest BCUT2D eigenvalue weighted by molar-refractivity contribution is -0.117. The molecule has 0 atom stereocenters. The Morgan fingerprint density at radius 3 is 2.15 bits per heavy atom. The molecule has 0 aromatic heterocycles. The van der Waals surface area contributed by atoms with Crippen LogP contribution in [0.2, 0.25) is 0 Å². The molecule has 6 nitrogen and oxygen atoms in total. The van der Waals surface area contributed by atoms with Gasteiger partial charge in [-0.3, -0.25) is 19.3 Å². The molecule has 3 aromatic rings. The molecule has 0 saturated carbocycles. The first-order valence-electron chi connectivity index (χ1n) is 11.6. The van der Waals surface area contributed by atoms with Crippen molar-refractivity contribution in [2.24, 2.45) is 0 Å². The Hall–Kier alpha value is -3.77. The second-order valence-corrected chi connectivity index (χ2v) is 9.02. The predicted molar refractivity (Wildman–Crippen MR) is 132 cm³/mol. The number of rotatable bonds is 4. The number of carbonyl (C=O) groups is 3. The summed E-state index contributed by atoms with van der Waals surface area (Å²) in [5.41, 5.74) is 6.57. The van der Waals surface area contributed by atoms with Gasteiger partial charge >= 0.3 is 0 Å². The van der Waals surface area contributed by atoms with E-state index >= 15 is 0 Å². The average molecular weight is 454 g/mol. The molecule has 34 heavy (non-hydrogen) atoms. The Bertz CT molecular complexity index is 1290. The van der Waals surface area contributed by atoms with E-state index in [1.807, 2.05) is 62.4 Å². The molecule has 2 amide bonds. The number of para-hydroxylation sites is 1. The van der Waals surface area contributed by atoms with Crippen molar-refractivity contribution in [3.8, 4) is 11.1 Å². The van der Waals surface area contributed by atoms with Crippen LogP contribution in [0.5, 0.6) is 0 Å². The molecule has 0 spiro atoms. The maximum absolute atomic E-state index is 13.1. The van der Waals surface area contributed by atoms with Gasteiger partial charge in [0.15, 0.2) is 5.78 Å². The van der Waals surface area contributed by atoms with Gasteiger partial charge in [-0.05, 0) is 48.2 Å². The Morgan fingerprint density at radius 1 is 0.794 bits per heavy atom. The molecule has 1 aliphatic carbocycles. The molecule has 6 heteroatoms. The third kappa shape index (κ3) is 4.01. The summed E-state index contributed by atoms with van der Waals surface area (Å²) < 4.78 is 0. The first kappa shape index (κ1) is 22.0. The third-order valence-corrected chi connectivity index (χ3v) is 6.75. The fourth-order valence-corrected chi connectivity index (χ4v) is 4.85. The van der Waals surface area contributed by atoms with E-state index in [-0.39, 0.29) is 17.6 Å². The molecular formula is C28H27N3O3. The van der Waals surface area contributed by atoms with Crippen molar-refractivity contribution < 1.29 is 14.4 Å². The molecule has 3 aromatic carbocycles. The third-order valence-electron chi connectivity index (χ3n) is 6.75. The molecule has 0 bridgehead atoms. The zero-order valence-corrected chi connectivity index (χ0v) is 19.4. The monoisotopic (exact) mass is 453 g/mol. The molecule has 0 radical (unpaired) electrons. The van der Waals surface area contributed by atoms with Crippen molar-refractivity contribution in [2.45, 2.75) is 13.8 Å². The van der Waals surface area contributed by atoms with Gasteiger partial charge in [-0.15, -0.1) is 0 Å². The van der Waals surface area contributed by atoms with E-state index in [1.165, 1.54) is 0 Å². The fourth-order valence-electron chi connectivity index (χ4n) is 4.85. The van der Waals surface area contributed by atoms with Gasteiger partial charge in [0.2, 0.25) is 5.91 Å². The van der Waals surface area contributed by atoms with Gasteiger partial charge in [0, 0.05) is 48.6 Å². The summed E-state index contributed by atoms with van der Waals surface area (Å²) >= 11 is 0. The van der Waals surface area contributed by atoms with Crippen molar-refractivity contribution in [1.82, 2.24) is 9.80 Å². The van der Waals surface area contributed by atoms with Crippen LogP contribution in [0, 0.1) is 13.8 Å². The number of nitrogens with one attached hydrogen (secondary N) is 1. The smallest absolute Gasteiger partial charge is 0.253 e. The number of carbonyl (C=O) groups excluding carboxylic acids is 3. The number of hydrogen-bond donors (Lipinski definition) is 1. The zero-order valence-electron chi connectivity index (χ0n) is 19.4. The Kier molecular flexibility index (Phi) is 5.75. The van der Waals surface area contributed by atoms with Crippen LogP contribution in [0.4, 0.5) is 5.69 Å². The lowest BCUT2D eigenvalue weighted by Gasteiger charge is -2.34. The normalized spacial score (nSPS) is 15.1. The van der Waals surface area contributed by atoms with Crippen LogP contribution < -0.4 is 5.32 Å². The first-order valence-corrected chi connectivity index (χ1v) is 11.6. The number of ketones is 1. The maximum Gasteiger partial charge on any atom is 0.253 e. The van der Waals surface area contributed by atoms with E-state index in [1.54, 1.807) is 17.0 Å². The minimum Gasteiger partial charge on any atom is -0.336 e. The highest BCUT2D eigenvalue weighted by atomic mass is 16.2. The largest absolute Gasteiger partial charge is 0.336 e. The summed E-state index contributed by atoms with van der Waals surface area (Å²) in [4.78, 5) is 42.4. The molecular weight excluding hydrogens is 426 g/mol. The van der Waals surface area contributed by atoms with Crippen molar-refractivity contribution >= 4 is 23.3 Å². The minimum atomic E-state index is -0.0776. The number of piperazine rings is 1. The van der Waals surface area contributed by atoms with Gasteiger partial charge in [-0.25, -0.2) is 0 Å². The zero-order chi connectivity index (χ0) is 23.8. The molecule has 0 unspecified atom stereocenters. The lowest BCUT2D eigenvalue weighted by atomic mass is 10.0. The van der Waals surface area contributed by atoms with E-state index in [9.17, 15) is 14.4 Å². The summed E-state index contributed by atoms with van der Waals surface area (Å²) in [5, 5.41) is 3.03. The molecule has 5 rings (SSSR count). The number of benzene rings is 3. The van der Waals surface area contributed by atoms with E-state index in [4.69, 9.17) is 0 Å². The molecule has 1 heterocycles. The Morgan fingerprint density at radius 2 is 1.44 bits per heavy atom.